The molecule has 1 aliphatic carbocycles. The molecule has 0 radical (unpaired) electrons. The van der Waals surface area contributed by atoms with Gasteiger partial charge in [0.25, 0.3) is 0 Å². The van der Waals surface area contributed by atoms with Gasteiger partial charge in [-0.3, -0.25) is 0 Å². The first-order valence-electron chi connectivity index (χ1n) is 9.92. The van der Waals surface area contributed by atoms with E-state index in [4.69, 9.17) is 4.74 Å². The Morgan fingerprint density at radius 1 is 0.846 bits per heavy atom. The lowest BCUT2D eigenvalue weighted by atomic mass is 9.92. The van der Waals surface area contributed by atoms with Crippen LogP contribution < -0.4 is 5.32 Å². The van der Waals surface area contributed by atoms with E-state index < -0.39 is 6.10 Å². The third-order valence-corrected chi connectivity index (χ3v) is 5.25. The minimum Gasteiger partial charge on any atom is -0.389 e. The van der Waals surface area contributed by atoms with Gasteiger partial charge < -0.3 is 15.2 Å². The van der Waals surface area contributed by atoms with Gasteiger partial charge in [0, 0.05) is 18.5 Å². The fourth-order valence-corrected chi connectivity index (χ4v) is 3.75. The Kier molecular flexibility index (Phi) is 7.68. The minimum absolute atomic E-state index is 0.191. The maximum atomic E-state index is 10.2. The van der Waals surface area contributed by atoms with Crippen LogP contribution in [0.25, 0.3) is 0 Å². The highest BCUT2D eigenvalue weighted by molar-refractivity contribution is 5.32. The molecule has 0 aromatic heterocycles. The molecule has 0 saturated heterocycles. The van der Waals surface area contributed by atoms with Gasteiger partial charge in [-0.05, 0) is 24.0 Å². The topological polar surface area (TPSA) is 41.5 Å². The molecule has 0 heterocycles. The lowest BCUT2D eigenvalue weighted by molar-refractivity contribution is 0.0321. The fourth-order valence-electron chi connectivity index (χ4n) is 3.75. The van der Waals surface area contributed by atoms with E-state index in [0.29, 0.717) is 25.8 Å². The van der Waals surface area contributed by atoms with Gasteiger partial charge in [-0.1, -0.05) is 79.9 Å². The molecule has 26 heavy (non-hydrogen) atoms. The molecule has 0 unspecified atom stereocenters. The van der Waals surface area contributed by atoms with Crippen LogP contribution in [0.4, 0.5) is 0 Å². The molecule has 1 aliphatic rings. The van der Waals surface area contributed by atoms with Crippen LogP contribution in [-0.4, -0.2) is 37.0 Å². The molecule has 0 amide bonds. The third kappa shape index (κ3) is 5.94. The third-order valence-electron chi connectivity index (χ3n) is 5.25. The Morgan fingerprint density at radius 3 is 2.00 bits per heavy atom. The molecule has 2 N–H and O–H groups in total. The molecule has 0 bridgehead atoms. The molecule has 1 atom stereocenters. The number of rotatable bonds is 9. The molecule has 0 spiro atoms. The zero-order valence-corrected chi connectivity index (χ0v) is 15.5. The van der Waals surface area contributed by atoms with Gasteiger partial charge >= 0.3 is 0 Å². The lowest BCUT2D eigenvalue weighted by Gasteiger charge is -2.24. The largest absolute Gasteiger partial charge is 0.389 e. The standard InChI is InChI=1S/C23H31NO2/c25-22(16-24-21-14-8-3-9-15-21)17-26-18-23(19-10-4-1-5-11-19)20-12-6-2-7-13-20/h1-2,4-7,10-13,21-25H,3,8-9,14-18H2/t22-/m1/s1. The Bertz CT molecular complexity index is 571. The maximum absolute atomic E-state index is 10.2. The number of hydrogen-bond acceptors (Lipinski definition) is 3. The van der Waals surface area contributed by atoms with E-state index in [2.05, 4.69) is 53.8 Å². The SMILES string of the molecule is O[C@H](CNC1CCCCC1)COCC(c1ccccc1)c1ccccc1. The summed E-state index contributed by atoms with van der Waals surface area (Å²) < 4.78 is 5.92. The Hall–Kier alpha value is -1.68. The molecule has 2 aromatic carbocycles. The van der Waals surface area contributed by atoms with Crippen molar-refractivity contribution in [1.82, 2.24) is 5.32 Å². The van der Waals surface area contributed by atoms with Crippen molar-refractivity contribution < 1.29 is 9.84 Å². The van der Waals surface area contributed by atoms with Crippen molar-refractivity contribution in [2.75, 3.05) is 19.8 Å². The van der Waals surface area contributed by atoms with Crippen molar-refractivity contribution in [3.63, 3.8) is 0 Å². The van der Waals surface area contributed by atoms with E-state index in [1.165, 1.54) is 43.2 Å². The second-order valence-corrected chi connectivity index (χ2v) is 7.31. The minimum atomic E-state index is -0.455. The summed E-state index contributed by atoms with van der Waals surface area (Å²) in [7, 11) is 0. The number of aliphatic hydroxyl groups excluding tert-OH is 1. The summed E-state index contributed by atoms with van der Waals surface area (Å²) in [4.78, 5) is 0. The number of ether oxygens (including phenoxy) is 1. The summed E-state index contributed by atoms with van der Waals surface area (Å²) in [6, 6.07) is 21.5. The molecule has 140 valence electrons. The van der Waals surface area contributed by atoms with Crippen molar-refractivity contribution in [1.29, 1.82) is 0 Å². The molecular formula is C23H31NO2. The Morgan fingerprint density at radius 2 is 1.42 bits per heavy atom. The van der Waals surface area contributed by atoms with Crippen LogP contribution in [0.5, 0.6) is 0 Å². The quantitative estimate of drug-likeness (QED) is 0.712. The Labute approximate surface area is 157 Å². The fraction of sp³-hybridized carbons (Fsp3) is 0.478. The van der Waals surface area contributed by atoms with Gasteiger partial charge in [0.2, 0.25) is 0 Å². The molecule has 3 nitrogen and oxygen atoms in total. The summed E-state index contributed by atoms with van der Waals surface area (Å²) in [5.74, 6) is 0.191. The first kappa shape index (κ1) is 19.1. The molecule has 2 aromatic rings. The summed E-state index contributed by atoms with van der Waals surface area (Å²) in [5.41, 5.74) is 2.49. The molecule has 1 saturated carbocycles. The van der Waals surface area contributed by atoms with Crippen LogP contribution in [-0.2, 0) is 4.74 Å². The summed E-state index contributed by atoms with van der Waals surface area (Å²) in [5, 5.41) is 13.7. The van der Waals surface area contributed by atoms with E-state index >= 15 is 0 Å². The van der Waals surface area contributed by atoms with Crippen LogP contribution in [0.3, 0.4) is 0 Å². The van der Waals surface area contributed by atoms with E-state index in [1.54, 1.807) is 0 Å². The lowest BCUT2D eigenvalue weighted by Crippen LogP contribution is -2.38. The highest BCUT2D eigenvalue weighted by Gasteiger charge is 2.17. The molecular weight excluding hydrogens is 322 g/mol. The summed E-state index contributed by atoms with van der Waals surface area (Å²) in [6.07, 6.45) is 5.98. The highest BCUT2D eigenvalue weighted by atomic mass is 16.5. The zero-order valence-electron chi connectivity index (χ0n) is 15.5. The van der Waals surface area contributed by atoms with Crippen molar-refractivity contribution >= 4 is 0 Å². The van der Waals surface area contributed by atoms with E-state index in [9.17, 15) is 5.11 Å². The summed E-state index contributed by atoms with van der Waals surface area (Å²) in [6.45, 7) is 1.57. The maximum Gasteiger partial charge on any atom is 0.0897 e. The second-order valence-electron chi connectivity index (χ2n) is 7.31. The number of hydrogen-bond donors (Lipinski definition) is 2. The van der Waals surface area contributed by atoms with Gasteiger partial charge in [-0.25, -0.2) is 0 Å². The van der Waals surface area contributed by atoms with E-state index in [0.717, 1.165) is 0 Å². The van der Waals surface area contributed by atoms with Crippen molar-refractivity contribution in [3.8, 4) is 0 Å². The average Bonchev–Trinajstić information content (AvgIpc) is 2.72. The predicted molar refractivity (Wildman–Crippen MR) is 106 cm³/mol. The van der Waals surface area contributed by atoms with Crippen LogP contribution in [0.1, 0.15) is 49.1 Å². The molecule has 1 fully saturated rings. The summed E-state index contributed by atoms with van der Waals surface area (Å²) >= 11 is 0. The van der Waals surface area contributed by atoms with Crippen LogP contribution in [0.15, 0.2) is 60.7 Å². The zero-order chi connectivity index (χ0) is 18.0. The smallest absolute Gasteiger partial charge is 0.0897 e. The second kappa shape index (κ2) is 10.5. The van der Waals surface area contributed by atoms with E-state index in [-0.39, 0.29) is 5.92 Å². The number of nitrogens with one attached hydrogen (secondary N) is 1. The number of benzene rings is 2. The normalized spacial score (nSPS) is 16.7. The van der Waals surface area contributed by atoms with E-state index in [1.807, 2.05) is 12.1 Å². The predicted octanol–water partition coefficient (Wildman–Crippen LogP) is 4.12. The van der Waals surface area contributed by atoms with Crippen LogP contribution in [0, 0.1) is 0 Å². The number of aliphatic hydroxyl groups is 1. The highest BCUT2D eigenvalue weighted by Crippen LogP contribution is 2.24. The van der Waals surface area contributed by atoms with Crippen molar-refractivity contribution in [3.05, 3.63) is 71.8 Å². The first-order valence-corrected chi connectivity index (χ1v) is 9.92. The van der Waals surface area contributed by atoms with Gasteiger partial charge in [0.05, 0.1) is 19.3 Å². The van der Waals surface area contributed by atoms with Crippen LogP contribution in [0.2, 0.25) is 0 Å². The van der Waals surface area contributed by atoms with Gasteiger partial charge in [-0.15, -0.1) is 0 Å². The Balaban J connectivity index is 1.48. The van der Waals surface area contributed by atoms with Gasteiger partial charge in [0.15, 0.2) is 0 Å². The van der Waals surface area contributed by atoms with Crippen molar-refractivity contribution in [2.45, 2.75) is 50.2 Å². The van der Waals surface area contributed by atoms with Crippen molar-refractivity contribution in [2.24, 2.45) is 0 Å². The molecule has 3 rings (SSSR count). The van der Waals surface area contributed by atoms with Gasteiger partial charge in [-0.2, -0.15) is 0 Å². The molecule has 3 heteroatoms. The first-order chi connectivity index (χ1) is 12.8. The van der Waals surface area contributed by atoms with Crippen LogP contribution >= 0.6 is 0 Å². The molecule has 0 aliphatic heterocycles. The van der Waals surface area contributed by atoms with Gasteiger partial charge in [0.1, 0.15) is 0 Å². The average molecular weight is 354 g/mol. The monoisotopic (exact) mass is 353 g/mol.